The van der Waals surface area contributed by atoms with Crippen LogP contribution in [-0.2, 0) is 13.0 Å². The van der Waals surface area contributed by atoms with E-state index >= 15 is 0 Å². The summed E-state index contributed by atoms with van der Waals surface area (Å²) in [5, 5.41) is 1.40. The molecule has 26 heavy (non-hydrogen) atoms. The fraction of sp³-hybridized carbons (Fsp3) is 0.417. The predicted octanol–water partition coefficient (Wildman–Crippen LogP) is 6.23. The second-order valence-corrected chi connectivity index (χ2v) is 7.67. The van der Waals surface area contributed by atoms with Gasteiger partial charge >= 0.3 is 0 Å². The SMILES string of the molecule is CCC1CCCCc2c1c1cc(OC)ccc1n2Cc1ccc(C)cc1. The maximum atomic E-state index is 5.54. The maximum Gasteiger partial charge on any atom is 0.119 e. The molecule has 2 heteroatoms. The highest BCUT2D eigenvalue weighted by Crippen LogP contribution is 2.41. The lowest BCUT2D eigenvalue weighted by molar-refractivity contribution is 0.415. The van der Waals surface area contributed by atoms with E-state index in [1.165, 1.54) is 54.1 Å². The van der Waals surface area contributed by atoms with Gasteiger partial charge in [-0.2, -0.15) is 0 Å². The zero-order valence-electron chi connectivity index (χ0n) is 16.2. The Labute approximate surface area is 156 Å². The van der Waals surface area contributed by atoms with Crippen molar-refractivity contribution in [2.45, 2.75) is 58.4 Å². The Hall–Kier alpha value is -2.22. The highest BCUT2D eigenvalue weighted by molar-refractivity contribution is 5.88. The van der Waals surface area contributed by atoms with Gasteiger partial charge in [0.25, 0.3) is 0 Å². The molecule has 0 spiro atoms. The second kappa shape index (κ2) is 7.19. The average Bonchev–Trinajstić information content (AvgIpc) is 2.82. The molecule has 0 radical (unpaired) electrons. The summed E-state index contributed by atoms with van der Waals surface area (Å²) in [6, 6.07) is 15.6. The minimum Gasteiger partial charge on any atom is -0.497 e. The third-order valence-electron chi connectivity index (χ3n) is 6.00. The van der Waals surface area contributed by atoms with Gasteiger partial charge in [0, 0.05) is 23.1 Å². The van der Waals surface area contributed by atoms with Crippen LogP contribution in [0.4, 0.5) is 0 Å². The van der Waals surface area contributed by atoms with Gasteiger partial charge in [0.1, 0.15) is 5.75 Å². The van der Waals surface area contributed by atoms with Crippen LogP contribution >= 0.6 is 0 Å². The first-order valence-electron chi connectivity index (χ1n) is 9.95. The van der Waals surface area contributed by atoms with Gasteiger partial charge in [0.15, 0.2) is 0 Å². The minimum atomic E-state index is 0.668. The van der Waals surface area contributed by atoms with Crippen molar-refractivity contribution in [1.82, 2.24) is 4.57 Å². The molecule has 0 fully saturated rings. The van der Waals surface area contributed by atoms with E-state index < -0.39 is 0 Å². The van der Waals surface area contributed by atoms with E-state index in [2.05, 4.69) is 60.9 Å². The summed E-state index contributed by atoms with van der Waals surface area (Å²) < 4.78 is 8.12. The number of methoxy groups -OCH3 is 1. The molecule has 3 aromatic rings. The van der Waals surface area contributed by atoms with Crippen LogP contribution in [0.1, 0.15) is 60.9 Å². The molecule has 0 saturated heterocycles. The van der Waals surface area contributed by atoms with Gasteiger partial charge in [-0.05, 0) is 67.9 Å². The zero-order chi connectivity index (χ0) is 18.1. The van der Waals surface area contributed by atoms with E-state index in [0.717, 1.165) is 12.3 Å². The van der Waals surface area contributed by atoms with Gasteiger partial charge in [-0.1, -0.05) is 43.2 Å². The zero-order valence-corrected chi connectivity index (χ0v) is 16.2. The molecule has 136 valence electrons. The largest absolute Gasteiger partial charge is 0.497 e. The summed E-state index contributed by atoms with van der Waals surface area (Å²) in [7, 11) is 1.76. The van der Waals surface area contributed by atoms with E-state index in [4.69, 9.17) is 4.74 Å². The second-order valence-electron chi connectivity index (χ2n) is 7.67. The molecule has 1 aliphatic rings. The van der Waals surface area contributed by atoms with Crippen molar-refractivity contribution in [3.8, 4) is 5.75 Å². The van der Waals surface area contributed by atoms with Crippen LogP contribution < -0.4 is 4.74 Å². The van der Waals surface area contributed by atoms with E-state index in [9.17, 15) is 0 Å². The van der Waals surface area contributed by atoms with Crippen LogP contribution in [0.15, 0.2) is 42.5 Å². The molecule has 1 aliphatic carbocycles. The Kier molecular flexibility index (Phi) is 4.76. The lowest BCUT2D eigenvalue weighted by Gasteiger charge is -2.14. The highest BCUT2D eigenvalue weighted by Gasteiger charge is 2.25. The van der Waals surface area contributed by atoms with Gasteiger partial charge in [-0.15, -0.1) is 0 Å². The lowest BCUT2D eigenvalue weighted by atomic mass is 9.91. The van der Waals surface area contributed by atoms with Gasteiger partial charge in [0.2, 0.25) is 0 Å². The van der Waals surface area contributed by atoms with Crippen LogP contribution in [0.2, 0.25) is 0 Å². The average molecular weight is 348 g/mol. The van der Waals surface area contributed by atoms with E-state index in [-0.39, 0.29) is 0 Å². The molecule has 0 saturated carbocycles. The molecule has 2 nitrogen and oxygen atoms in total. The molecule has 0 aliphatic heterocycles. The Balaban J connectivity index is 1.90. The third kappa shape index (κ3) is 3.02. The van der Waals surface area contributed by atoms with Crippen molar-refractivity contribution < 1.29 is 4.74 Å². The first-order chi connectivity index (χ1) is 12.7. The number of benzene rings is 2. The first kappa shape index (κ1) is 17.2. The van der Waals surface area contributed by atoms with Gasteiger partial charge in [0.05, 0.1) is 7.11 Å². The molecule has 2 aromatic carbocycles. The van der Waals surface area contributed by atoms with Gasteiger partial charge in [-0.3, -0.25) is 0 Å². The Morgan fingerprint density at radius 3 is 2.62 bits per heavy atom. The summed E-state index contributed by atoms with van der Waals surface area (Å²) in [5.41, 5.74) is 7.20. The number of nitrogens with zero attached hydrogens (tertiary/aromatic N) is 1. The van der Waals surface area contributed by atoms with Crippen LogP contribution in [0.5, 0.6) is 5.75 Å². The molecule has 1 heterocycles. The molecule has 1 atom stereocenters. The highest BCUT2D eigenvalue weighted by atomic mass is 16.5. The van der Waals surface area contributed by atoms with Crippen molar-refractivity contribution >= 4 is 10.9 Å². The summed E-state index contributed by atoms with van der Waals surface area (Å²) in [5.74, 6) is 1.63. The van der Waals surface area contributed by atoms with Crippen LogP contribution in [0.3, 0.4) is 0 Å². The van der Waals surface area contributed by atoms with Crippen molar-refractivity contribution in [3.63, 3.8) is 0 Å². The fourth-order valence-corrected chi connectivity index (χ4v) is 4.56. The van der Waals surface area contributed by atoms with Gasteiger partial charge in [-0.25, -0.2) is 0 Å². The predicted molar refractivity (Wildman–Crippen MR) is 109 cm³/mol. The summed E-state index contributed by atoms with van der Waals surface area (Å²) >= 11 is 0. The quantitative estimate of drug-likeness (QED) is 0.511. The summed E-state index contributed by atoms with van der Waals surface area (Å²) in [6.07, 6.45) is 6.35. The number of aromatic nitrogens is 1. The van der Waals surface area contributed by atoms with Crippen LogP contribution in [0.25, 0.3) is 10.9 Å². The first-order valence-corrected chi connectivity index (χ1v) is 9.95. The van der Waals surface area contributed by atoms with Crippen LogP contribution in [-0.4, -0.2) is 11.7 Å². The number of aryl methyl sites for hydroxylation is 1. The third-order valence-corrected chi connectivity index (χ3v) is 6.00. The lowest BCUT2D eigenvalue weighted by Crippen LogP contribution is -2.06. The topological polar surface area (TPSA) is 14.2 Å². The molecule has 0 amide bonds. The number of hydrogen-bond acceptors (Lipinski definition) is 1. The fourth-order valence-electron chi connectivity index (χ4n) is 4.56. The van der Waals surface area contributed by atoms with E-state index in [1.807, 2.05) is 0 Å². The molecule has 1 aromatic heterocycles. The van der Waals surface area contributed by atoms with Crippen molar-refractivity contribution in [2.75, 3.05) is 7.11 Å². The molecule has 1 unspecified atom stereocenters. The van der Waals surface area contributed by atoms with E-state index in [0.29, 0.717) is 5.92 Å². The van der Waals surface area contributed by atoms with Crippen LogP contribution in [0, 0.1) is 6.92 Å². The minimum absolute atomic E-state index is 0.668. The Bertz CT molecular complexity index is 904. The number of fused-ring (bicyclic) bond motifs is 3. The van der Waals surface area contributed by atoms with Crippen molar-refractivity contribution in [2.24, 2.45) is 0 Å². The summed E-state index contributed by atoms with van der Waals surface area (Å²) in [6.45, 7) is 5.44. The molecule has 4 rings (SSSR count). The summed E-state index contributed by atoms with van der Waals surface area (Å²) in [4.78, 5) is 0. The molecule has 0 N–H and O–H groups in total. The number of rotatable bonds is 4. The Morgan fingerprint density at radius 1 is 1.08 bits per heavy atom. The monoisotopic (exact) mass is 347 g/mol. The van der Waals surface area contributed by atoms with Crippen molar-refractivity contribution in [1.29, 1.82) is 0 Å². The normalized spacial score (nSPS) is 17.1. The standard InChI is InChI=1S/C24H29NO/c1-4-19-7-5-6-8-23-24(19)21-15-20(26-3)13-14-22(21)25(23)16-18-11-9-17(2)10-12-18/h9-15,19H,4-8,16H2,1-3H3. The van der Waals surface area contributed by atoms with E-state index in [1.54, 1.807) is 18.4 Å². The van der Waals surface area contributed by atoms with Gasteiger partial charge < -0.3 is 9.30 Å². The van der Waals surface area contributed by atoms with Crippen molar-refractivity contribution in [3.05, 3.63) is 64.8 Å². The molecular weight excluding hydrogens is 318 g/mol. The maximum absolute atomic E-state index is 5.54. The number of ether oxygens (including phenoxy) is 1. The number of hydrogen-bond donors (Lipinski definition) is 0. The molecule has 0 bridgehead atoms. The Morgan fingerprint density at radius 2 is 1.88 bits per heavy atom. The smallest absolute Gasteiger partial charge is 0.119 e. The molecular formula is C24H29NO.